The highest BCUT2D eigenvalue weighted by molar-refractivity contribution is 6.33. The van der Waals surface area contributed by atoms with Gasteiger partial charge in [-0.25, -0.2) is 18.7 Å². The Morgan fingerprint density at radius 2 is 1.86 bits per heavy atom. The molecular formula is C14H12ClF2N3O. The Kier molecular flexibility index (Phi) is 4.47. The molecule has 1 heterocycles. The lowest BCUT2D eigenvalue weighted by Gasteiger charge is -2.09. The van der Waals surface area contributed by atoms with Crippen LogP contribution in [-0.4, -0.2) is 15.9 Å². The van der Waals surface area contributed by atoms with Crippen molar-refractivity contribution in [1.29, 1.82) is 0 Å². The molecule has 0 saturated carbocycles. The fourth-order valence-corrected chi connectivity index (χ4v) is 1.81. The van der Waals surface area contributed by atoms with Gasteiger partial charge in [-0.3, -0.25) is 4.79 Å². The lowest BCUT2D eigenvalue weighted by atomic mass is 10.2. The van der Waals surface area contributed by atoms with Gasteiger partial charge in [-0.05, 0) is 12.1 Å². The van der Waals surface area contributed by atoms with E-state index in [1.165, 1.54) is 6.20 Å². The van der Waals surface area contributed by atoms with Gasteiger partial charge in [0.2, 0.25) is 0 Å². The number of hydrogen-bond donors (Lipinski definition) is 1. The van der Waals surface area contributed by atoms with E-state index in [1.807, 2.05) is 13.8 Å². The van der Waals surface area contributed by atoms with Crippen molar-refractivity contribution in [3.8, 4) is 0 Å². The Hall–Kier alpha value is -2.08. The normalized spacial score (nSPS) is 10.8. The summed E-state index contributed by atoms with van der Waals surface area (Å²) in [5.74, 6) is -1.77. The van der Waals surface area contributed by atoms with Crippen LogP contribution in [0.4, 0.5) is 14.5 Å². The van der Waals surface area contributed by atoms with Gasteiger partial charge in [0, 0.05) is 17.7 Å². The minimum Gasteiger partial charge on any atom is -0.320 e. The van der Waals surface area contributed by atoms with Gasteiger partial charge >= 0.3 is 0 Å². The maximum absolute atomic E-state index is 13.1. The smallest absolute Gasteiger partial charge is 0.275 e. The molecule has 7 heteroatoms. The Bertz CT molecular complexity index is 672. The number of benzene rings is 1. The third-order valence-corrected chi connectivity index (χ3v) is 2.89. The molecule has 2 aromatic rings. The number of amides is 1. The van der Waals surface area contributed by atoms with Crippen molar-refractivity contribution in [2.75, 3.05) is 5.32 Å². The maximum atomic E-state index is 13.1. The number of aromatic nitrogens is 2. The topological polar surface area (TPSA) is 54.9 Å². The second-order valence-electron chi connectivity index (χ2n) is 4.69. The van der Waals surface area contributed by atoms with Crippen molar-refractivity contribution >= 4 is 23.2 Å². The van der Waals surface area contributed by atoms with Crippen LogP contribution in [0.2, 0.25) is 5.02 Å². The molecule has 0 saturated heterocycles. The van der Waals surface area contributed by atoms with Gasteiger partial charge in [0.1, 0.15) is 17.5 Å². The number of nitrogens with one attached hydrogen (secondary N) is 1. The van der Waals surface area contributed by atoms with E-state index in [0.29, 0.717) is 11.9 Å². The molecule has 0 unspecified atom stereocenters. The molecule has 1 N–H and O–H groups in total. The molecular weight excluding hydrogens is 300 g/mol. The molecule has 1 amide bonds. The summed E-state index contributed by atoms with van der Waals surface area (Å²) in [6, 6.07) is 2.71. The van der Waals surface area contributed by atoms with Gasteiger partial charge in [-0.1, -0.05) is 25.4 Å². The molecule has 1 aromatic carbocycles. The van der Waals surface area contributed by atoms with Gasteiger partial charge in [0.25, 0.3) is 5.91 Å². The molecule has 110 valence electrons. The summed E-state index contributed by atoms with van der Waals surface area (Å²) in [6.45, 7) is 3.74. The van der Waals surface area contributed by atoms with Crippen molar-refractivity contribution in [3.05, 3.63) is 52.6 Å². The van der Waals surface area contributed by atoms with E-state index in [-0.39, 0.29) is 22.3 Å². The standard InChI is InChI=1S/C14H12ClF2N3O/c1-7(2)13-18-6-11(15)12(20-13)14(21)19-10-4-8(16)3-9(17)5-10/h3-7H,1-2H3,(H,19,21). The highest BCUT2D eigenvalue weighted by Crippen LogP contribution is 2.19. The molecule has 21 heavy (non-hydrogen) atoms. The van der Waals surface area contributed by atoms with Crippen LogP contribution in [0.15, 0.2) is 24.4 Å². The zero-order valence-corrected chi connectivity index (χ0v) is 12.1. The van der Waals surface area contributed by atoms with Crippen molar-refractivity contribution in [2.45, 2.75) is 19.8 Å². The summed E-state index contributed by atoms with van der Waals surface area (Å²) in [5.41, 5.74) is -0.0571. The van der Waals surface area contributed by atoms with E-state index in [1.54, 1.807) is 0 Å². The first-order valence-corrected chi connectivity index (χ1v) is 6.54. The number of rotatable bonds is 3. The van der Waals surface area contributed by atoms with Gasteiger partial charge < -0.3 is 5.32 Å². The second kappa shape index (κ2) is 6.13. The third-order valence-electron chi connectivity index (χ3n) is 2.61. The molecule has 0 radical (unpaired) electrons. The van der Waals surface area contributed by atoms with Crippen molar-refractivity contribution in [1.82, 2.24) is 9.97 Å². The average Bonchev–Trinajstić information content (AvgIpc) is 2.37. The first-order chi connectivity index (χ1) is 9.86. The number of anilines is 1. The van der Waals surface area contributed by atoms with Crippen LogP contribution in [0.3, 0.4) is 0 Å². The molecule has 0 aliphatic rings. The number of nitrogens with zero attached hydrogens (tertiary/aromatic N) is 2. The SMILES string of the molecule is CC(C)c1ncc(Cl)c(C(=O)Nc2cc(F)cc(F)c2)n1. The Morgan fingerprint density at radius 1 is 1.24 bits per heavy atom. The van der Waals surface area contributed by atoms with E-state index in [4.69, 9.17) is 11.6 Å². The zero-order valence-electron chi connectivity index (χ0n) is 11.3. The highest BCUT2D eigenvalue weighted by atomic mass is 35.5. The van der Waals surface area contributed by atoms with Gasteiger partial charge in [-0.2, -0.15) is 0 Å². The lowest BCUT2D eigenvalue weighted by Crippen LogP contribution is -2.16. The summed E-state index contributed by atoms with van der Waals surface area (Å²) in [4.78, 5) is 20.2. The van der Waals surface area contributed by atoms with Crippen LogP contribution in [0.5, 0.6) is 0 Å². The first-order valence-electron chi connectivity index (χ1n) is 6.16. The van der Waals surface area contributed by atoms with Crippen LogP contribution in [0, 0.1) is 11.6 Å². The second-order valence-corrected chi connectivity index (χ2v) is 5.10. The molecule has 0 bridgehead atoms. The van der Waals surface area contributed by atoms with E-state index in [2.05, 4.69) is 15.3 Å². The average molecular weight is 312 g/mol. The predicted molar refractivity (Wildman–Crippen MR) is 75.4 cm³/mol. The third kappa shape index (κ3) is 3.72. The minimum absolute atomic E-state index is 0.0143. The molecule has 0 atom stereocenters. The molecule has 1 aromatic heterocycles. The van der Waals surface area contributed by atoms with Gasteiger partial charge in [0.05, 0.1) is 11.2 Å². The number of carbonyl (C=O) groups excluding carboxylic acids is 1. The molecule has 0 aliphatic carbocycles. The van der Waals surface area contributed by atoms with Crippen LogP contribution in [-0.2, 0) is 0 Å². The Morgan fingerprint density at radius 3 is 2.43 bits per heavy atom. The van der Waals surface area contributed by atoms with E-state index < -0.39 is 17.5 Å². The minimum atomic E-state index is -0.790. The van der Waals surface area contributed by atoms with E-state index >= 15 is 0 Å². The number of halogens is 3. The number of hydrogen-bond acceptors (Lipinski definition) is 3. The van der Waals surface area contributed by atoms with Crippen LogP contribution >= 0.6 is 11.6 Å². The largest absolute Gasteiger partial charge is 0.320 e. The predicted octanol–water partition coefficient (Wildman–Crippen LogP) is 3.78. The Balaban J connectivity index is 2.29. The fraction of sp³-hybridized carbons (Fsp3) is 0.214. The van der Waals surface area contributed by atoms with Crippen LogP contribution in [0.25, 0.3) is 0 Å². The summed E-state index contributed by atoms with van der Waals surface area (Å²) in [7, 11) is 0. The number of carbonyl (C=O) groups is 1. The molecule has 4 nitrogen and oxygen atoms in total. The van der Waals surface area contributed by atoms with Crippen LogP contribution < -0.4 is 5.32 Å². The van der Waals surface area contributed by atoms with E-state index in [0.717, 1.165) is 12.1 Å². The van der Waals surface area contributed by atoms with Crippen LogP contribution in [0.1, 0.15) is 36.1 Å². The quantitative estimate of drug-likeness (QED) is 0.938. The summed E-state index contributed by atoms with van der Waals surface area (Å²) in [6.07, 6.45) is 1.32. The Labute approximate surface area is 125 Å². The highest BCUT2D eigenvalue weighted by Gasteiger charge is 2.16. The van der Waals surface area contributed by atoms with Gasteiger partial charge in [-0.15, -0.1) is 0 Å². The van der Waals surface area contributed by atoms with Crippen molar-refractivity contribution in [2.24, 2.45) is 0 Å². The first kappa shape index (κ1) is 15.3. The van der Waals surface area contributed by atoms with Crippen molar-refractivity contribution < 1.29 is 13.6 Å². The lowest BCUT2D eigenvalue weighted by molar-refractivity contribution is 0.102. The molecule has 0 fully saturated rings. The molecule has 0 spiro atoms. The fourth-order valence-electron chi connectivity index (χ4n) is 1.63. The summed E-state index contributed by atoms with van der Waals surface area (Å²) >= 11 is 5.89. The molecule has 2 rings (SSSR count). The summed E-state index contributed by atoms with van der Waals surface area (Å²) in [5, 5.41) is 2.42. The molecule has 0 aliphatic heterocycles. The summed E-state index contributed by atoms with van der Waals surface area (Å²) < 4.78 is 26.2. The maximum Gasteiger partial charge on any atom is 0.275 e. The van der Waals surface area contributed by atoms with E-state index in [9.17, 15) is 13.6 Å². The monoisotopic (exact) mass is 311 g/mol. The zero-order chi connectivity index (χ0) is 15.6. The van der Waals surface area contributed by atoms with Gasteiger partial charge in [0.15, 0.2) is 5.69 Å². The van der Waals surface area contributed by atoms with Crippen molar-refractivity contribution in [3.63, 3.8) is 0 Å².